The zero-order valence-corrected chi connectivity index (χ0v) is 19.3. The van der Waals surface area contributed by atoms with Gasteiger partial charge in [0.25, 0.3) is 5.90 Å². The molecule has 4 rings (SSSR count). The summed E-state index contributed by atoms with van der Waals surface area (Å²) in [6.45, 7) is 1.56. The Labute approximate surface area is 197 Å². The van der Waals surface area contributed by atoms with Crippen LogP contribution in [0.25, 0.3) is 0 Å². The quantitative estimate of drug-likeness (QED) is 0.334. The summed E-state index contributed by atoms with van der Waals surface area (Å²) in [7, 11) is 4.72. The van der Waals surface area contributed by atoms with E-state index < -0.39 is 0 Å². The van der Waals surface area contributed by atoms with E-state index in [-0.39, 0.29) is 12.5 Å². The molecule has 0 atom stereocenters. The maximum absolute atomic E-state index is 5.97. The van der Waals surface area contributed by atoms with Gasteiger partial charge in [0.15, 0.2) is 12.3 Å². The molecule has 0 saturated heterocycles. The number of oxime groups is 2. The largest absolute Gasteiger partial charge is 0.497 e. The third-order valence-corrected chi connectivity index (χ3v) is 5.04. The predicted octanol–water partition coefficient (Wildman–Crippen LogP) is 3.24. The molecular weight excluding hydrogens is 440 g/mol. The average Bonchev–Trinajstić information content (AvgIpc) is 3.34. The molecule has 2 heterocycles. The topological polar surface area (TPSA) is 97.9 Å². The van der Waals surface area contributed by atoms with E-state index in [9.17, 15) is 0 Å². The molecule has 10 nitrogen and oxygen atoms in total. The Bertz CT molecular complexity index is 1170. The van der Waals surface area contributed by atoms with Crippen molar-refractivity contribution in [3.05, 3.63) is 71.4 Å². The first-order valence-corrected chi connectivity index (χ1v) is 10.6. The molecular formula is C24H26N4O6. The van der Waals surface area contributed by atoms with Crippen LogP contribution < -0.4 is 14.2 Å². The van der Waals surface area contributed by atoms with E-state index in [0.29, 0.717) is 31.4 Å². The fraction of sp³-hybridized carbons (Fsp3) is 0.292. The number of rotatable bonds is 10. The predicted molar refractivity (Wildman–Crippen MR) is 125 cm³/mol. The number of benzene rings is 2. The zero-order chi connectivity index (χ0) is 23.8. The summed E-state index contributed by atoms with van der Waals surface area (Å²) in [6, 6.07) is 15.1. The van der Waals surface area contributed by atoms with E-state index >= 15 is 0 Å². The molecule has 1 aromatic heterocycles. The first-order valence-electron chi connectivity index (χ1n) is 10.6. The lowest BCUT2D eigenvalue weighted by Crippen LogP contribution is -2.26. The SMILES string of the molecule is CO/N=C(\C1=NOCCO1)c1ccccc1COc1ccn(Cc2ccc(OC)cc2OC)n1. The Morgan fingerprint density at radius 2 is 1.91 bits per heavy atom. The highest BCUT2D eigenvalue weighted by molar-refractivity contribution is 6.45. The van der Waals surface area contributed by atoms with E-state index in [0.717, 1.165) is 28.2 Å². The van der Waals surface area contributed by atoms with Crippen molar-refractivity contribution < 1.29 is 28.6 Å². The van der Waals surface area contributed by atoms with Gasteiger partial charge in [0, 0.05) is 29.5 Å². The third-order valence-electron chi connectivity index (χ3n) is 5.04. The highest BCUT2D eigenvalue weighted by atomic mass is 16.7. The molecule has 3 aromatic rings. The number of methoxy groups -OCH3 is 2. The highest BCUT2D eigenvalue weighted by Crippen LogP contribution is 2.25. The highest BCUT2D eigenvalue weighted by Gasteiger charge is 2.21. The van der Waals surface area contributed by atoms with Gasteiger partial charge in [0.05, 0.1) is 20.8 Å². The van der Waals surface area contributed by atoms with Crippen LogP contribution in [-0.2, 0) is 27.6 Å². The first kappa shape index (κ1) is 23.0. The van der Waals surface area contributed by atoms with Crippen molar-refractivity contribution in [1.29, 1.82) is 0 Å². The summed E-state index contributed by atoms with van der Waals surface area (Å²) in [4.78, 5) is 10.2. The number of nitrogens with zero attached hydrogens (tertiary/aromatic N) is 4. The molecule has 34 heavy (non-hydrogen) atoms. The number of hydrogen-bond acceptors (Lipinski definition) is 9. The maximum Gasteiger partial charge on any atom is 0.280 e. The Morgan fingerprint density at radius 3 is 2.68 bits per heavy atom. The Balaban J connectivity index is 1.47. The van der Waals surface area contributed by atoms with Crippen LogP contribution in [0, 0.1) is 0 Å². The van der Waals surface area contributed by atoms with Gasteiger partial charge >= 0.3 is 0 Å². The molecule has 0 saturated carbocycles. The zero-order valence-electron chi connectivity index (χ0n) is 19.3. The maximum atomic E-state index is 5.97. The van der Waals surface area contributed by atoms with Crippen LogP contribution in [0.15, 0.2) is 65.0 Å². The molecule has 0 unspecified atom stereocenters. The van der Waals surface area contributed by atoms with Gasteiger partial charge in [-0.1, -0.05) is 29.4 Å². The van der Waals surface area contributed by atoms with Crippen molar-refractivity contribution in [2.24, 2.45) is 10.3 Å². The molecule has 0 N–H and O–H groups in total. The molecule has 0 bridgehead atoms. The van der Waals surface area contributed by atoms with Crippen molar-refractivity contribution in [1.82, 2.24) is 9.78 Å². The monoisotopic (exact) mass is 466 g/mol. The second-order valence-corrected chi connectivity index (χ2v) is 7.18. The minimum Gasteiger partial charge on any atom is -0.497 e. The number of aromatic nitrogens is 2. The summed E-state index contributed by atoms with van der Waals surface area (Å²) in [5, 5.41) is 12.6. The molecule has 1 aliphatic heterocycles. The van der Waals surface area contributed by atoms with Gasteiger partial charge in [-0.2, -0.15) is 0 Å². The van der Waals surface area contributed by atoms with E-state index in [1.807, 2.05) is 54.7 Å². The van der Waals surface area contributed by atoms with Crippen molar-refractivity contribution in [2.45, 2.75) is 13.2 Å². The summed E-state index contributed by atoms with van der Waals surface area (Å²) in [5.74, 6) is 2.21. The number of ether oxygens (including phenoxy) is 4. The lowest BCUT2D eigenvalue weighted by molar-refractivity contribution is 0.0672. The number of hydrogen-bond donors (Lipinski definition) is 0. The van der Waals surface area contributed by atoms with Crippen molar-refractivity contribution in [3.8, 4) is 17.4 Å². The van der Waals surface area contributed by atoms with Crippen LogP contribution in [0.1, 0.15) is 16.7 Å². The van der Waals surface area contributed by atoms with Gasteiger partial charge in [-0.3, -0.25) is 4.68 Å². The Kier molecular flexibility index (Phi) is 7.49. The van der Waals surface area contributed by atoms with Crippen LogP contribution >= 0.6 is 0 Å². The van der Waals surface area contributed by atoms with Gasteiger partial charge in [0.2, 0.25) is 5.88 Å². The standard InChI is InChI=1S/C24H26N4O6/c1-29-19-9-8-17(21(14-19)30-2)15-28-11-10-22(25-28)33-16-18-6-4-5-7-20(18)23(26-31-3)24-27-34-13-12-32-24/h4-11,14H,12-13,15-16H2,1-3H3/b26-23-. The van der Waals surface area contributed by atoms with Gasteiger partial charge in [-0.25, -0.2) is 0 Å². The smallest absolute Gasteiger partial charge is 0.280 e. The van der Waals surface area contributed by atoms with Crippen molar-refractivity contribution >= 4 is 11.6 Å². The molecule has 178 valence electrons. The normalized spacial score (nSPS) is 13.4. The first-order chi connectivity index (χ1) is 16.7. The second-order valence-electron chi connectivity index (χ2n) is 7.18. The summed E-state index contributed by atoms with van der Waals surface area (Å²) in [5.41, 5.74) is 3.02. The fourth-order valence-electron chi connectivity index (χ4n) is 3.41. The van der Waals surface area contributed by atoms with Crippen LogP contribution in [0.4, 0.5) is 0 Å². The van der Waals surface area contributed by atoms with Crippen LogP contribution in [-0.4, -0.2) is 55.9 Å². The summed E-state index contributed by atoms with van der Waals surface area (Å²) >= 11 is 0. The molecule has 10 heteroatoms. The van der Waals surface area contributed by atoms with Crippen molar-refractivity contribution in [3.63, 3.8) is 0 Å². The molecule has 2 aromatic carbocycles. The molecule has 0 amide bonds. The van der Waals surface area contributed by atoms with Crippen molar-refractivity contribution in [2.75, 3.05) is 34.5 Å². The van der Waals surface area contributed by atoms with E-state index in [4.69, 9.17) is 28.6 Å². The molecule has 0 radical (unpaired) electrons. The van der Waals surface area contributed by atoms with E-state index in [2.05, 4.69) is 15.4 Å². The lowest BCUT2D eigenvalue weighted by atomic mass is 10.0. The summed E-state index contributed by atoms with van der Waals surface area (Å²) in [6.07, 6.45) is 1.85. The minimum absolute atomic E-state index is 0.260. The third kappa shape index (κ3) is 5.40. The van der Waals surface area contributed by atoms with Crippen LogP contribution in [0.3, 0.4) is 0 Å². The van der Waals surface area contributed by atoms with Crippen LogP contribution in [0.2, 0.25) is 0 Å². The second kappa shape index (κ2) is 11.1. The van der Waals surface area contributed by atoms with Gasteiger partial charge in [-0.15, -0.1) is 5.10 Å². The van der Waals surface area contributed by atoms with Gasteiger partial charge in [-0.05, 0) is 22.9 Å². The molecule has 0 spiro atoms. The minimum atomic E-state index is 0.260. The summed E-state index contributed by atoms with van der Waals surface area (Å²) < 4.78 is 24.1. The molecule has 1 aliphatic rings. The van der Waals surface area contributed by atoms with Gasteiger partial charge < -0.3 is 28.6 Å². The van der Waals surface area contributed by atoms with E-state index in [1.165, 1.54) is 7.11 Å². The van der Waals surface area contributed by atoms with Crippen LogP contribution in [0.5, 0.6) is 17.4 Å². The lowest BCUT2D eigenvalue weighted by Gasteiger charge is -2.16. The van der Waals surface area contributed by atoms with Gasteiger partial charge in [0.1, 0.15) is 31.8 Å². The average molecular weight is 466 g/mol. The fourth-order valence-corrected chi connectivity index (χ4v) is 3.41. The molecule has 0 fully saturated rings. The Hall–Kier alpha value is -4.21. The molecule has 0 aliphatic carbocycles. The Morgan fingerprint density at radius 1 is 1.03 bits per heavy atom. The van der Waals surface area contributed by atoms with E-state index in [1.54, 1.807) is 18.9 Å².